The van der Waals surface area contributed by atoms with Gasteiger partial charge in [-0.05, 0) is 67.0 Å². The van der Waals surface area contributed by atoms with Crippen molar-refractivity contribution in [3.8, 4) is 5.75 Å². The molecule has 0 bridgehead atoms. The maximum atomic E-state index is 12.1. The van der Waals surface area contributed by atoms with E-state index in [1.165, 1.54) is 11.1 Å². The van der Waals surface area contributed by atoms with Gasteiger partial charge in [-0.15, -0.1) is 0 Å². The average molecular weight is 512 g/mol. The van der Waals surface area contributed by atoms with E-state index in [1.807, 2.05) is 36.4 Å². The van der Waals surface area contributed by atoms with Crippen molar-refractivity contribution in [3.63, 3.8) is 0 Å². The van der Waals surface area contributed by atoms with Crippen LogP contribution in [0.2, 0.25) is 0 Å². The minimum atomic E-state index is 0.0895. The summed E-state index contributed by atoms with van der Waals surface area (Å²) in [7, 11) is 0. The summed E-state index contributed by atoms with van der Waals surface area (Å²) in [5, 5.41) is 3.05. The summed E-state index contributed by atoms with van der Waals surface area (Å²) < 4.78 is 8.39. The van der Waals surface area contributed by atoms with Crippen molar-refractivity contribution in [2.45, 2.75) is 71.3 Å². The molecule has 1 aromatic heterocycles. The number of unbranched alkanes of at least 4 members (excludes halogenated alkanes) is 2. The maximum Gasteiger partial charge on any atom is 0.224 e. The molecular weight excluding hydrogens is 470 g/mol. The summed E-state index contributed by atoms with van der Waals surface area (Å²) in [5.41, 5.74) is 4.66. The molecule has 0 saturated heterocycles. The summed E-state index contributed by atoms with van der Waals surface area (Å²) in [4.78, 5) is 17.1. The topological polar surface area (TPSA) is 56.1 Å². The molecule has 0 aliphatic heterocycles. The highest BCUT2D eigenvalue weighted by Crippen LogP contribution is 2.22. The Bertz CT molecular complexity index is 1260. The second-order valence-electron chi connectivity index (χ2n) is 10.1. The van der Waals surface area contributed by atoms with Crippen LogP contribution in [0.15, 0.2) is 78.9 Å². The van der Waals surface area contributed by atoms with Crippen molar-refractivity contribution in [2.75, 3.05) is 13.2 Å². The van der Waals surface area contributed by atoms with Crippen molar-refractivity contribution in [1.29, 1.82) is 0 Å². The van der Waals surface area contributed by atoms with Crippen LogP contribution in [0.4, 0.5) is 0 Å². The number of benzene rings is 3. The maximum absolute atomic E-state index is 12.1. The second-order valence-corrected chi connectivity index (χ2v) is 10.1. The van der Waals surface area contributed by atoms with Gasteiger partial charge in [0.25, 0.3) is 0 Å². The number of rotatable bonds is 15. The molecule has 3 aromatic carbocycles. The summed E-state index contributed by atoms with van der Waals surface area (Å²) in [6.45, 7) is 6.76. The Balaban J connectivity index is 1.21. The molecular formula is C33H41N3O2. The van der Waals surface area contributed by atoms with Gasteiger partial charge in [-0.25, -0.2) is 4.98 Å². The molecule has 5 nitrogen and oxygen atoms in total. The molecule has 1 amide bonds. The van der Waals surface area contributed by atoms with Gasteiger partial charge in [-0.1, -0.05) is 74.9 Å². The van der Waals surface area contributed by atoms with E-state index in [-0.39, 0.29) is 5.91 Å². The number of carbonyl (C=O) groups excluding carboxylic acids is 1. The van der Waals surface area contributed by atoms with E-state index >= 15 is 0 Å². The molecule has 4 rings (SSSR count). The Kier molecular flexibility index (Phi) is 10.4. The molecule has 1 atom stereocenters. The minimum absolute atomic E-state index is 0.0895. The molecule has 0 radical (unpaired) electrons. The van der Waals surface area contributed by atoms with E-state index in [0.717, 1.165) is 74.3 Å². The zero-order valence-electron chi connectivity index (χ0n) is 22.9. The molecule has 200 valence electrons. The van der Waals surface area contributed by atoms with Gasteiger partial charge in [-0.3, -0.25) is 4.79 Å². The Morgan fingerprint density at radius 3 is 2.47 bits per heavy atom. The largest absolute Gasteiger partial charge is 0.494 e. The van der Waals surface area contributed by atoms with Crippen molar-refractivity contribution in [1.82, 2.24) is 14.9 Å². The van der Waals surface area contributed by atoms with Crippen LogP contribution < -0.4 is 10.1 Å². The van der Waals surface area contributed by atoms with Crippen molar-refractivity contribution < 1.29 is 9.53 Å². The van der Waals surface area contributed by atoms with Gasteiger partial charge in [0.2, 0.25) is 5.91 Å². The number of para-hydroxylation sites is 2. The molecule has 0 aliphatic carbocycles. The summed E-state index contributed by atoms with van der Waals surface area (Å²) in [5.74, 6) is 2.74. The van der Waals surface area contributed by atoms with E-state index in [9.17, 15) is 4.79 Å². The Morgan fingerprint density at radius 1 is 0.921 bits per heavy atom. The van der Waals surface area contributed by atoms with Crippen LogP contribution in [0.1, 0.15) is 68.8 Å². The van der Waals surface area contributed by atoms with E-state index in [1.54, 1.807) is 0 Å². The zero-order valence-corrected chi connectivity index (χ0v) is 22.9. The molecule has 0 fully saturated rings. The minimum Gasteiger partial charge on any atom is -0.494 e. The normalized spacial score (nSPS) is 11.9. The first kappa shape index (κ1) is 27.4. The number of fused-ring (bicyclic) bond motifs is 1. The number of aryl methyl sites for hydroxylation is 2. The number of nitrogens with zero attached hydrogens (tertiary/aromatic N) is 2. The molecule has 38 heavy (non-hydrogen) atoms. The van der Waals surface area contributed by atoms with Crippen LogP contribution in [-0.2, 0) is 24.2 Å². The quantitative estimate of drug-likeness (QED) is 0.173. The third kappa shape index (κ3) is 7.95. The van der Waals surface area contributed by atoms with Crippen LogP contribution in [-0.4, -0.2) is 28.6 Å². The smallest absolute Gasteiger partial charge is 0.224 e. The van der Waals surface area contributed by atoms with Gasteiger partial charge in [-0.2, -0.15) is 0 Å². The van der Waals surface area contributed by atoms with Crippen molar-refractivity contribution >= 4 is 16.9 Å². The lowest BCUT2D eigenvalue weighted by molar-refractivity contribution is -0.120. The Morgan fingerprint density at radius 2 is 1.68 bits per heavy atom. The number of nitrogens with one attached hydrogen (secondary N) is 1. The molecule has 1 heterocycles. The van der Waals surface area contributed by atoms with Crippen LogP contribution in [0.3, 0.4) is 0 Å². The third-order valence-corrected chi connectivity index (χ3v) is 7.20. The molecule has 4 aromatic rings. The fourth-order valence-corrected chi connectivity index (χ4v) is 4.76. The number of carbonyl (C=O) groups is 1. The number of imidazole rings is 1. The lowest BCUT2D eigenvalue weighted by atomic mass is 9.99. The van der Waals surface area contributed by atoms with Crippen LogP contribution in [0.25, 0.3) is 11.0 Å². The number of hydrogen-bond donors (Lipinski definition) is 1. The van der Waals surface area contributed by atoms with E-state index in [0.29, 0.717) is 18.9 Å². The molecule has 0 saturated carbocycles. The highest BCUT2D eigenvalue weighted by atomic mass is 16.5. The molecule has 5 heteroatoms. The van der Waals surface area contributed by atoms with Crippen LogP contribution in [0, 0.1) is 0 Å². The van der Waals surface area contributed by atoms with Crippen molar-refractivity contribution in [3.05, 3.63) is 95.8 Å². The SMILES string of the molecule is CCC(C)c1ccc(OCCCn2c(CCCCCNC(=O)Cc3ccccc3)nc3ccccc32)cc1. The Labute approximate surface area is 227 Å². The predicted octanol–water partition coefficient (Wildman–Crippen LogP) is 7.09. The van der Waals surface area contributed by atoms with Gasteiger partial charge < -0.3 is 14.6 Å². The second kappa shape index (κ2) is 14.4. The summed E-state index contributed by atoms with van der Waals surface area (Å²) >= 11 is 0. The molecule has 1 unspecified atom stereocenters. The van der Waals surface area contributed by atoms with E-state index < -0.39 is 0 Å². The monoisotopic (exact) mass is 511 g/mol. The first-order valence-corrected chi connectivity index (χ1v) is 14.1. The average Bonchev–Trinajstić information content (AvgIpc) is 3.30. The number of ether oxygens (including phenoxy) is 1. The zero-order chi connectivity index (χ0) is 26.6. The van der Waals surface area contributed by atoms with Crippen LogP contribution >= 0.6 is 0 Å². The lowest BCUT2D eigenvalue weighted by Gasteiger charge is -2.12. The van der Waals surface area contributed by atoms with E-state index in [4.69, 9.17) is 9.72 Å². The Hall–Kier alpha value is -3.60. The van der Waals surface area contributed by atoms with Gasteiger partial charge in [0, 0.05) is 19.5 Å². The summed E-state index contributed by atoms with van der Waals surface area (Å²) in [6.07, 6.45) is 6.54. The van der Waals surface area contributed by atoms with Crippen LogP contribution in [0.5, 0.6) is 5.75 Å². The van der Waals surface area contributed by atoms with Gasteiger partial charge in [0.15, 0.2) is 0 Å². The molecule has 1 N–H and O–H groups in total. The van der Waals surface area contributed by atoms with Gasteiger partial charge in [0.1, 0.15) is 11.6 Å². The van der Waals surface area contributed by atoms with Gasteiger partial charge >= 0.3 is 0 Å². The highest BCUT2D eigenvalue weighted by Gasteiger charge is 2.11. The first-order valence-electron chi connectivity index (χ1n) is 14.1. The fraction of sp³-hybridized carbons (Fsp3) is 0.394. The third-order valence-electron chi connectivity index (χ3n) is 7.20. The number of hydrogen-bond acceptors (Lipinski definition) is 3. The van der Waals surface area contributed by atoms with E-state index in [2.05, 4.69) is 66.2 Å². The predicted molar refractivity (Wildman–Crippen MR) is 156 cm³/mol. The fourth-order valence-electron chi connectivity index (χ4n) is 4.76. The number of amides is 1. The van der Waals surface area contributed by atoms with Crippen molar-refractivity contribution in [2.24, 2.45) is 0 Å². The lowest BCUT2D eigenvalue weighted by Crippen LogP contribution is -2.26. The standard InChI is InChI=1S/C33H41N3O2/c1-3-26(2)28-18-20-29(21-19-28)38-24-12-23-36-31-16-10-9-15-30(31)35-32(36)17-8-5-11-22-34-33(37)25-27-13-6-4-7-14-27/h4,6-7,9-10,13-16,18-21,26H,3,5,8,11-12,17,22-25H2,1-2H3,(H,34,37). The molecule has 0 aliphatic rings. The molecule has 0 spiro atoms. The highest BCUT2D eigenvalue weighted by molar-refractivity contribution is 5.78. The summed E-state index contributed by atoms with van der Waals surface area (Å²) in [6, 6.07) is 26.8. The van der Waals surface area contributed by atoms with Gasteiger partial charge in [0.05, 0.1) is 24.1 Å². The number of aromatic nitrogens is 2. The first-order chi connectivity index (χ1) is 18.6.